The van der Waals surface area contributed by atoms with E-state index >= 15 is 0 Å². The highest BCUT2D eigenvalue weighted by Crippen LogP contribution is 2.16. The quantitative estimate of drug-likeness (QED) is 0.527. The summed E-state index contributed by atoms with van der Waals surface area (Å²) < 4.78 is 10.1. The van der Waals surface area contributed by atoms with E-state index in [4.69, 9.17) is 14.6 Å². The number of carbonyl (C=O) groups excluding carboxylic acids is 1. The van der Waals surface area contributed by atoms with Crippen LogP contribution in [0, 0.1) is 0 Å². The Morgan fingerprint density at radius 3 is 2.20 bits per heavy atom. The topological polar surface area (TPSA) is 55.8 Å². The molecule has 102 valence electrons. The van der Waals surface area contributed by atoms with Crippen molar-refractivity contribution >= 4 is 12.0 Å². The lowest BCUT2D eigenvalue weighted by Crippen LogP contribution is -2.03. The molecule has 20 heavy (non-hydrogen) atoms. The van der Waals surface area contributed by atoms with E-state index in [0.717, 1.165) is 11.3 Å². The van der Waals surface area contributed by atoms with E-state index in [0.29, 0.717) is 5.75 Å². The number of benzene rings is 2. The number of phenols is 1. The Hall–Kier alpha value is -2.75. The van der Waals surface area contributed by atoms with Gasteiger partial charge in [0.05, 0.1) is 7.11 Å². The standard InChI is InChI=1S/C16H14O4/c1-19-14-7-2-12(3-8-14)4-11-16(18)20-15-9-5-13(17)6-10-15/h2-11,17H,1H3. The molecule has 2 rings (SSSR count). The van der Waals surface area contributed by atoms with E-state index in [9.17, 15) is 4.79 Å². The average Bonchev–Trinajstić information content (AvgIpc) is 2.48. The van der Waals surface area contributed by atoms with Crippen molar-refractivity contribution in [3.05, 3.63) is 60.2 Å². The smallest absolute Gasteiger partial charge is 0.336 e. The lowest BCUT2D eigenvalue weighted by molar-refractivity contribution is -0.128. The van der Waals surface area contributed by atoms with E-state index in [1.807, 2.05) is 24.3 Å². The number of ether oxygens (including phenoxy) is 2. The molecule has 0 heterocycles. The first-order valence-corrected chi connectivity index (χ1v) is 6.00. The van der Waals surface area contributed by atoms with Crippen LogP contribution in [0.15, 0.2) is 54.6 Å². The SMILES string of the molecule is COc1ccc(C=CC(=O)Oc2ccc(O)cc2)cc1. The van der Waals surface area contributed by atoms with Gasteiger partial charge in [0.15, 0.2) is 0 Å². The summed E-state index contributed by atoms with van der Waals surface area (Å²) in [4.78, 5) is 11.6. The highest BCUT2D eigenvalue weighted by molar-refractivity contribution is 5.88. The minimum atomic E-state index is -0.480. The van der Waals surface area contributed by atoms with E-state index in [-0.39, 0.29) is 5.75 Å². The monoisotopic (exact) mass is 270 g/mol. The molecule has 0 saturated heterocycles. The normalized spacial score (nSPS) is 10.4. The number of hydrogen-bond donors (Lipinski definition) is 1. The van der Waals surface area contributed by atoms with Crippen LogP contribution in [0.5, 0.6) is 17.2 Å². The van der Waals surface area contributed by atoms with Crippen LogP contribution < -0.4 is 9.47 Å². The Kier molecular flexibility index (Phi) is 4.39. The average molecular weight is 270 g/mol. The van der Waals surface area contributed by atoms with Crippen LogP contribution in [0.1, 0.15) is 5.56 Å². The highest BCUT2D eigenvalue weighted by atomic mass is 16.5. The molecule has 4 heteroatoms. The third-order valence-corrected chi connectivity index (χ3v) is 2.58. The van der Waals surface area contributed by atoms with Crippen molar-refractivity contribution in [3.63, 3.8) is 0 Å². The molecule has 0 atom stereocenters. The van der Waals surface area contributed by atoms with Crippen LogP contribution in [0.25, 0.3) is 6.08 Å². The van der Waals surface area contributed by atoms with Crippen LogP contribution in [0.4, 0.5) is 0 Å². The molecule has 0 amide bonds. The predicted octanol–water partition coefficient (Wildman–Crippen LogP) is 3.02. The van der Waals surface area contributed by atoms with Crippen LogP contribution in [0.2, 0.25) is 0 Å². The van der Waals surface area contributed by atoms with Gasteiger partial charge >= 0.3 is 5.97 Å². The zero-order chi connectivity index (χ0) is 14.4. The number of methoxy groups -OCH3 is 1. The maximum absolute atomic E-state index is 11.6. The molecule has 1 N–H and O–H groups in total. The van der Waals surface area contributed by atoms with Gasteiger partial charge in [-0.05, 0) is 48.0 Å². The van der Waals surface area contributed by atoms with Gasteiger partial charge < -0.3 is 14.6 Å². The molecule has 0 spiro atoms. The summed E-state index contributed by atoms with van der Waals surface area (Å²) in [5.41, 5.74) is 0.869. The Bertz CT molecular complexity index is 597. The molecule has 0 aromatic heterocycles. The summed E-state index contributed by atoms with van der Waals surface area (Å²) in [6, 6.07) is 13.2. The summed E-state index contributed by atoms with van der Waals surface area (Å²) >= 11 is 0. The van der Waals surface area contributed by atoms with Crippen molar-refractivity contribution in [1.82, 2.24) is 0 Å². The van der Waals surface area contributed by atoms with Gasteiger partial charge in [0, 0.05) is 6.08 Å². The molecule has 0 unspecified atom stereocenters. The molecule has 4 nitrogen and oxygen atoms in total. The second-order valence-electron chi connectivity index (χ2n) is 4.02. The molecule has 0 aliphatic carbocycles. The van der Waals surface area contributed by atoms with Crippen molar-refractivity contribution in [1.29, 1.82) is 0 Å². The molecule has 0 aliphatic rings. The minimum absolute atomic E-state index is 0.124. The van der Waals surface area contributed by atoms with Gasteiger partial charge in [0.25, 0.3) is 0 Å². The zero-order valence-electron chi connectivity index (χ0n) is 10.9. The molecule has 0 bridgehead atoms. The van der Waals surface area contributed by atoms with Crippen molar-refractivity contribution < 1.29 is 19.4 Å². The van der Waals surface area contributed by atoms with Gasteiger partial charge in [-0.15, -0.1) is 0 Å². The second-order valence-corrected chi connectivity index (χ2v) is 4.02. The number of esters is 1. The highest BCUT2D eigenvalue weighted by Gasteiger charge is 2.00. The van der Waals surface area contributed by atoms with E-state index in [1.54, 1.807) is 13.2 Å². The second kappa shape index (κ2) is 6.43. The van der Waals surface area contributed by atoms with Crippen molar-refractivity contribution in [2.45, 2.75) is 0 Å². The van der Waals surface area contributed by atoms with Gasteiger partial charge in [0.1, 0.15) is 17.2 Å². The maximum Gasteiger partial charge on any atom is 0.336 e. The molecule has 0 saturated carbocycles. The van der Waals surface area contributed by atoms with Crippen molar-refractivity contribution in [3.8, 4) is 17.2 Å². The van der Waals surface area contributed by atoms with Gasteiger partial charge in [-0.3, -0.25) is 0 Å². The predicted molar refractivity (Wildman–Crippen MR) is 75.8 cm³/mol. The number of hydrogen-bond acceptors (Lipinski definition) is 4. The van der Waals surface area contributed by atoms with Gasteiger partial charge in [-0.1, -0.05) is 12.1 Å². The third kappa shape index (κ3) is 3.88. The Balaban J connectivity index is 1.96. The van der Waals surface area contributed by atoms with Gasteiger partial charge in [-0.2, -0.15) is 0 Å². The first-order chi connectivity index (χ1) is 9.67. The fraction of sp³-hybridized carbons (Fsp3) is 0.0625. The van der Waals surface area contributed by atoms with Gasteiger partial charge in [0.2, 0.25) is 0 Å². The first-order valence-electron chi connectivity index (χ1n) is 6.00. The van der Waals surface area contributed by atoms with Crippen LogP contribution in [-0.2, 0) is 4.79 Å². The number of carbonyl (C=O) groups is 1. The minimum Gasteiger partial charge on any atom is -0.508 e. The molecule has 2 aromatic carbocycles. The third-order valence-electron chi connectivity index (χ3n) is 2.58. The Labute approximate surface area is 116 Å². The number of phenolic OH excluding ortho intramolecular Hbond substituents is 1. The molecule has 0 radical (unpaired) electrons. The molecular formula is C16H14O4. The maximum atomic E-state index is 11.6. The number of aromatic hydroxyl groups is 1. The first kappa shape index (κ1) is 13.7. The number of rotatable bonds is 4. The van der Waals surface area contributed by atoms with Gasteiger partial charge in [-0.25, -0.2) is 4.79 Å². The fourth-order valence-corrected chi connectivity index (χ4v) is 1.54. The van der Waals surface area contributed by atoms with Crippen LogP contribution in [0.3, 0.4) is 0 Å². The van der Waals surface area contributed by atoms with Crippen LogP contribution >= 0.6 is 0 Å². The van der Waals surface area contributed by atoms with Crippen molar-refractivity contribution in [2.75, 3.05) is 7.11 Å². The fourth-order valence-electron chi connectivity index (χ4n) is 1.54. The van der Waals surface area contributed by atoms with Crippen molar-refractivity contribution in [2.24, 2.45) is 0 Å². The summed E-state index contributed by atoms with van der Waals surface area (Å²) in [6.07, 6.45) is 3.00. The lowest BCUT2D eigenvalue weighted by Gasteiger charge is -2.01. The summed E-state index contributed by atoms with van der Waals surface area (Å²) in [5.74, 6) is 0.783. The summed E-state index contributed by atoms with van der Waals surface area (Å²) in [6.45, 7) is 0. The van der Waals surface area contributed by atoms with E-state index in [2.05, 4.69) is 0 Å². The zero-order valence-corrected chi connectivity index (χ0v) is 10.9. The molecule has 0 fully saturated rings. The van der Waals surface area contributed by atoms with E-state index < -0.39 is 5.97 Å². The summed E-state index contributed by atoms with van der Waals surface area (Å²) in [5, 5.41) is 9.12. The largest absolute Gasteiger partial charge is 0.508 e. The molecule has 2 aromatic rings. The molecular weight excluding hydrogens is 256 g/mol. The summed E-state index contributed by atoms with van der Waals surface area (Å²) in [7, 11) is 1.60. The van der Waals surface area contributed by atoms with Crippen LogP contribution in [-0.4, -0.2) is 18.2 Å². The Morgan fingerprint density at radius 2 is 1.60 bits per heavy atom. The Morgan fingerprint density at radius 1 is 1.00 bits per heavy atom. The lowest BCUT2D eigenvalue weighted by atomic mass is 10.2. The molecule has 0 aliphatic heterocycles. The van der Waals surface area contributed by atoms with E-state index in [1.165, 1.54) is 30.3 Å².